The second-order valence-electron chi connectivity index (χ2n) is 44.6. The maximum Gasteiger partial charge on any atom is 0.186 e. The topological polar surface area (TPSA) is 228 Å². The normalized spacial score (nSPS) is 16.8. The Bertz CT molecular complexity index is 6190. The first-order chi connectivity index (χ1) is 63.2. The van der Waals surface area contributed by atoms with Crippen molar-refractivity contribution in [2.24, 2.45) is 74.0 Å². The number of carbonyl (C=O) groups is 9. The number of allylic oxidation sites excluding steroid dienone is 25. The molecule has 0 spiro atoms. The molecule has 0 radical (unpaired) electrons. The van der Waals surface area contributed by atoms with E-state index in [-0.39, 0.29) is 95.4 Å². The van der Waals surface area contributed by atoms with Gasteiger partial charge in [-0.3, -0.25) is 43.2 Å². The lowest BCUT2D eigenvalue weighted by Gasteiger charge is -2.32. The molecule has 0 amide bonds. The van der Waals surface area contributed by atoms with E-state index < -0.39 is 11.8 Å². The van der Waals surface area contributed by atoms with Crippen LogP contribution in [-0.4, -0.2) is 52.0 Å². The molecule has 0 aliphatic heterocycles. The molecular formula is C120H133ClN6O9. The fraction of sp³-hybridized carbons (Fsp3) is 0.358. The first-order valence-corrected chi connectivity index (χ1v) is 47.4. The molecule has 704 valence electrons. The van der Waals surface area contributed by atoms with Crippen molar-refractivity contribution >= 4 is 91.5 Å². The van der Waals surface area contributed by atoms with Crippen LogP contribution < -0.4 is 0 Å². The van der Waals surface area contributed by atoms with Crippen molar-refractivity contribution in [1.82, 2.24) is 0 Å². The minimum atomic E-state index is -0.931. The lowest BCUT2D eigenvalue weighted by atomic mass is 9.69. The number of rotatable bonds is 12. The standard InChI is InChI=1S/C43H52N4O2.C34H28O4.C22H28O2.C21H25ClN2O/c1-40(2,3)34-22-30(23-35(38(34)48)41(4,5)6)26-44-46-32-17-13-28(14-18-32)21-29-15-19-33(20-16-29)47-45-27-31-24-36(42(7,8)9)39(49)37(25-31)43(10,11)12;1-5-19-11-7-9-17(3)25(19)29-31(35)21-13-15-23-28-24(16-14-22(27(21)28)32(29)36)34(38)30(33(23)37)26-18(4)10-8-12-20(26)6-2;1-13-9-15(10-14(2)19(13)23)16-11-17(21(3,4)5)20(24)18(12-16)22(6,7)8;1-20(2,3)17-11-14(12-18(19(17)25)21(4,5)6)13-23-24-16-9-7-15(22)8-10-16/h13-20,22-27H,21H2,1-12H3;7-16,29-30H,5-6H2,1-4H3;9-12H,1-8H3;7-13H,1-6H3. The maximum absolute atomic E-state index is 13.9. The molecule has 7 aliphatic rings. The van der Waals surface area contributed by atoms with E-state index in [2.05, 4.69) is 221 Å². The van der Waals surface area contributed by atoms with Gasteiger partial charge in [-0.15, -0.1) is 0 Å². The highest BCUT2D eigenvalue weighted by Crippen LogP contribution is 2.49. The Kier molecular flexibility index (Phi) is 30.7. The summed E-state index contributed by atoms with van der Waals surface area (Å²) >= 11 is 5.87. The summed E-state index contributed by atoms with van der Waals surface area (Å²) in [6.45, 7) is 61.0. The van der Waals surface area contributed by atoms with Crippen molar-refractivity contribution in [3.05, 3.63) is 368 Å². The molecule has 0 bridgehead atoms. The number of azo groups is 3. The number of benzene rings is 7. The summed E-state index contributed by atoms with van der Waals surface area (Å²) in [5, 5.41) is 27.4. The van der Waals surface area contributed by atoms with Crippen LogP contribution in [0.4, 0.5) is 17.1 Å². The Morgan fingerprint density at radius 3 is 0.765 bits per heavy atom. The number of carbonyl (C=O) groups excluding carboxylic acids is 9. The first kappa shape index (κ1) is 104. The van der Waals surface area contributed by atoms with E-state index in [0.29, 0.717) is 50.9 Å². The number of hydrogen-bond acceptors (Lipinski definition) is 15. The van der Waals surface area contributed by atoms with Gasteiger partial charge in [0.05, 0.1) is 35.7 Å². The van der Waals surface area contributed by atoms with Crippen LogP contribution in [0.3, 0.4) is 0 Å². The average Bonchev–Trinajstić information content (AvgIpc) is 0.701. The van der Waals surface area contributed by atoms with Crippen LogP contribution in [0.25, 0.3) is 10.8 Å². The van der Waals surface area contributed by atoms with Crippen molar-refractivity contribution in [2.45, 2.75) is 239 Å². The summed E-state index contributed by atoms with van der Waals surface area (Å²) in [5.74, 6) is -2.40. The fourth-order valence-corrected chi connectivity index (χ4v) is 17.9. The lowest BCUT2D eigenvalue weighted by Crippen LogP contribution is -2.32. The molecule has 0 N–H and O–H groups in total. The highest BCUT2D eigenvalue weighted by Gasteiger charge is 2.46. The van der Waals surface area contributed by atoms with Gasteiger partial charge in [0.1, 0.15) is 11.8 Å². The third-order valence-corrected chi connectivity index (χ3v) is 25.6. The number of aryl methyl sites for hydroxylation is 4. The van der Waals surface area contributed by atoms with Gasteiger partial charge in [-0.05, 0) is 307 Å². The summed E-state index contributed by atoms with van der Waals surface area (Å²) in [6.07, 6.45) is 26.7. The highest BCUT2D eigenvalue weighted by atomic mass is 35.5. The third kappa shape index (κ3) is 23.5. The SMILES string of the molecule is CC(C)(C)C1=CC(=CN=Nc2ccc(Cc3ccc(N=NC=C4C=C(C(C)(C)C)C(=O)C(C(C)(C)C)=C4)cc3)cc2)C=C(C(C)(C)C)C1=O.CC(C)(C)C1=CC(=CN=Nc2ccc(Cl)cc2)C=C(C(C)(C)C)C1=O.CC1=CC(=C2C=C(C(C)(C)C)C(=O)C(C(C)(C)C)=C2)C=C(C)C1=O.CCc1cccc(C)c1C1C(=O)c2ccc3c4c(ccc(c24)C1=O)C(=O)C(c1c(C)cccc1CC)C3=O. The zero-order valence-corrected chi connectivity index (χ0v) is 86.0. The molecule has 14 rings (SSSR count). The zero-order chi connectivity index (χ0) is 101. The minimum Gasteiger partial charge on any atom is -0.293 e. The quantitative estimate of drug-likeness (QED) is 0.0836. The Labute approximate surface area is 810 Å². The smallest absolute Gasteiger partial charge is 0.186 e. The van der Waals surface area contributed by atoms with Crippen LogP contribution in [0.2, 0.25) is 5.02 Å². The molecule has 0 atom stereocenters. The van der Waals surface area contributed by atoms with E-state index in [9.17, 15) is 43.2 Å². The molecule has 0 unspecified atom stereocenters. The molecular weight excluding hydrogens is 1700 g/mol. The average molecular weight is 1840 g/mol. The fourth-order valence-electron chi connectivity index (χ4n) is 17.8. The van der Waals surface area contributed by atoms with Crippen molar-refractivity contribution < 1.29 is 43.2 Å². The Hall–Kier alpha value is -12.7. The number of hydrogen-bond donors (Lipinski definition) is 0. The van der Waals surface area contributed by atoms with Gasteiger partial charge in [0.15, 0.2) is 52.0 Å². The van der Waals surface area contributed by atoms with Crippen molar-refractivity contribution in [3.63, 3.8) is 0 Å². The van der Waals surface area contributed by atoms with E-state index in [1.807, 2.05) is 175 Å². The van der Waals surface area contributed by atoms with Gasteiger partial charge in [0.2, 0.25) is 0 Å². The molecule has 16 heteroatoms. The van der Waals surface area contributed by atoms with Crippen molar-refractivity contribution in [2.75, 3.05) is 0 Å². The molecule has 0 fully saturated rings. The number of halogens is 1. The van der Waals surface area contributed by atoms with Gasteiger partial charge >= 0.3 is 0 Å². The van der Waals surface area contributed by atoms with Crippen LogP contribution in [0.5, 0.6) is 0 Å². The Balaban J connectivity index is 0.000000182. The van der Waals surface area contributed by atoms with Gasteiger partial charge in [-0.25, -0.2) is 0 Å². The largest absolute Gasteiger partial charge is 0.293 e. The van der Waals surface area contributed by atoms with E-state index in [4.69, 9.17) is 11.6 Å². The number of Topliss-reactive ketones (excluding diaryl/α,β-unsaturated/α-hetero) is 9. The predicted molar refractivity (Wildman–Crippen MR) is 553 cm³/mol. The highest BCUT2D eigenvalue weighted by molar-refractivity contribution is 6.39. The van der Waals surface area contributed by atoms with Gasteiger partial charge in [-0.2, -0.15) is 30.7 Å². The Morgan fingerprint density at radius 1 is 0.287 bits per heavy atom. The van der Waals surface area contributed by atoms with Gasteiger partial charge in [0.25, 0.3) is 0 Å². The molecule has 136 heavy (non-hydrogen) atoms. The van der Waals surface area contributed by atoms with Gasteiger partial charge < -0.3 is 0 Å². The van der Waals surface area contributed by atoms with Crippen LogP contribution in [0.15, 0.2) is 327 Å². The van der Waals surface area contributed by atoms with Crippen LogP contribution in [0.1, 0.15) is 292 Å². The van der Waals surface area contributed by atoms with E-state index in [1.165, 1.54) is 0 Å². The molecule has 0 saturated carbocycles. The monoisotopic (exact) mass is 1840 g/mol. The molecule has 0 saturated heterocycles. The van der Waals surface area contributed by atoms with E-state index in [1.54, 1.807) is 55.0 Å². The molecule has 7 aromatic rings. The molecule has 0 heterocycles. The summed E-state index contributed by atoms with van der Waals surface area (Å²) in [6, 6.07) is 41.6. The summed E-state index contributed by atoms with van der Waals surface area (Å²) in [4.78, 5) is 120. The third-order valence-electron chi connectivity index (χ3n) is 25.4. The predicted octanol–water partition coefficient (Wildman–Crippen LogP) is 31.3. The summed E-state index contributed by atoms with van der Waals surface area (Å²) < 4.78 is 0. The van der Waals surface area contributed by atoms with E-state index in [0.717, 1.165) is 152 Å². The van der Waals surface area contributed by atoms with Gasteiger partial charge in [0, 0.05) is 82.6 Å². The van der Waals surface area contributed by atoms with Crippen LogP contribution in [-0.2, 0) is 43.2 Å². The molecule has 0 aromatic heterocycles. The minimum absolute atomic E-state index is 0.0892. The zero-order valence-electron chi connectivity index (χ0n) is 85.2. The number of nitrogens with zero attached hydrogens (tertiary/aromatic N) is 6. The van der Waals surface area contributed by atoms with Crippen molar-refractivity contribution in [3.8, 4) is 0 Å². The summed E-state index contributed by atoms with van der Waals surface area (Å²) in [5.41, 5.74) is 22.0. The van der Waals surface area contributed by atoms with Crippen LogP contribution >= 0.6 is 11.6 Å². The first-order valence-electron chi connectivity index (χ1n) is 47.0. The Morgan fingerprint density at radius 2 is 0.522 bits per heavy atom. The molecule has 7 aliphatic carbocycles. The lowest BCUT2D eigenvalue weighted by molar-refractivity contribution is -0.114. The second kappa shape index (κ2) is 40.3. The second-order valence-corrected chi connectivity index (χ2v) is 45.0. The molecule has 7 aromatic carbocycles. The summed E-state index contributed by atoms with van der Waals surface area (Å²) in [7, 11) is 0. The van der Waals surface area contributed by atoms with E-state index >= 15 is 0 Å². The maximum atomic E-state index is 13.9. The molecule has 15 nitrogen and oxygen atoms in total. The van der Waals surface area contributed by atoms with Crippen LogP contribution in [0, 0.1) is 57.2 Å². The van der Waals surface area contributed by atoms with Gasteiger partial charge in [-0.1, -0.05) is 252 Å². The number of ketones is 9. The van der Waals surface area contributed by atoms with Crippen molar-refractivity contribution in [1.29, 1.82) is 0 Å².